The van der Waals surface area contributed by atoms with Crippen molar-refractivity contribution in [3.05, 3.63) is 137 Å². The average Bonchev–Trinajstić information content (AvgIpc) is 4.14. The summed E-state index contributed by atoms with van der Waals surface area (Å²) < 4.78 is 5.76. The number of hydrogen-bond donors (Lipinski definition) is 0. The third-order valence-corrected chi connectivity index (χ3v) is 26.4. The smallest absolute Gasteiger partial charge is 0.333 e. The molecule has 8 fully saturated rings. The van der Waals surface area contributed by atoms with Crippen molar-refractivity contribution in [1.29, 1.82) is 0 Å². The van der Waals surface area contributed by atoms with Crippen molar-refractivity contribution in [3.63, 3.8) is 0 Å². The van der Waals surface area contributed by atoms with Crippen LogP contribution < -0.4 is 15.8 Å². The van der Waals surface area contributed by atoms with Crippen LogP contribution in [-0.2, 0) is 21.7 Å². The van der Waals surface area contributed by atoms with E-state index in [0.717, 1.165) is 35.5 Å². The molecule has 2 aromatic heterocycles. The van der Waals surface area contributed by atoms with Crippen molar-refractivity contribution in [3.8, 4) is 11.1 Å². The Bertz CT molecular complexity index is 4120. The van der Waals surface area contributed by atoms with Crippen LogP contribution in [0.25, 0.3) is 63.9 Å². The second kappa shape index (κ2) is 11.6. The zero-order valence-electron chi connectivity index (χ0n) is 42.5. The summed E-state index contributed by atoms with van der Waals surface area (Å²) in [5, 5.41) is 8.62. The zero-order chi connectivity index (χ0) is 47.1. The highest BCUT2D eigenvalue weighted by Gasteiger charge is 2.87. The molecule has 7 aromatic carbocycles. The van der Waals surface area contributed by atoms with E-state index in [1.165, 1.54) is 168 Å². The standard InChI is InChI=1S/C68H61BN2S/c1-35-20-52-53(64(4,5)19-18-63(52,2)3)29-56(35)70-55-16-14-36-10-6-7-11-45(36)58(55)69-59-48(28-51-46-12-8-9-13-57(46)72-62(51)61(59)70)50-27-38(66-32-43-23-40-24-44(33-66)68(40,43)66)26-49-47-25-37(15-17-54(47)71(69)60(49)50)65-30-41-21-39-22-42(31-65)67(39,41)34-65/h6-17,20,25-29,39-44H,18-19,21-24,30-34H2,1-5H3. The van der Waals surface area contributed by atoms with Crippen molar-refractivity contribution in [2.24, 2.45) is 46.3 Å². The average molecular weight is 949 g/mol. The number of hydrogen-bond acceptors (Lipinski definition) is 2. The van der Waals surface area contributed by atoms with E-state index in [9.17, 15) is 0 Å². The van der Waals surface area contributed by atoms with Crippen molar-refractivity contribution < 1.29 is 0 Å². The summed E-state index contributed by atoms with van der Waals surface area (Å²) in [5.74, 6) is 5.88. The highest BCUT2D eigenvalue weighted by molar-refractivity contribution is 7.26. The Morgan fingerprint density at radius 1 is 0.569 bits per heavy atom. The molecule has 0 amide bonds. The first-order chi connectivity index (χ1) is 34.9. The van der Waals surface area contributed by atoms with Gasteiger partial charge in [-0.15, -0.1) is 11.3 Å². The van der Waals surface area contributed by atoms with E-state index in [1.54, 1.807) is 22.1 Å². The first-order valence-corrected chi connectivity index (χ1v) is 29.3. The van der Waals surface area contributed by atoms with Gasteiger partial charge in [0.1, 0.15) is 0 Å². The monoisotopic (exact) mass is 948 g/mol. The summed E-state index contributed by atoms with van der Waals surface area (Å²) in [5.41, 5.74) is 23.1. The van der Waals surface area contributed by atoms with E-state index < -0.39 is 0 Å². The minimum Gasteiger partial charge on any atom is -0.375 e. The topological polar surface area (TPSA) is 8.17 Å². The lowest BCUT2D eigenvalue weighted by Gasteiger charge is -2.91. The maximum Gasteiger partial charge on any atom is 0.333 e. The molecular formula is C68H61BN2S. The predicted molar refractivity (Wildman–Crippen MR) is 301 cm³/mol. The fourth-order valence-electron chi connectivity index (χ4n) is 22.2. The summed E-state index contributed by atoms with van der Waals surface area (Å²) in [6.45, 7) is 12.4. The Kier molecular flexibility index (Phi) is 6.33. The van der Waals surface area contributed by atoms with Gasteiger partial charge in [-0.05, 0) is 244 Å². The Balaban J connectivity index is 0.937. The van der Waals surface area contributed by atoms with Crippen molar-refractivity contribution >= 4 is 98.9 Å². The summed E-state index contributed by atoms with van der Waals surface area (Å²) in [6, 6.07) is 45.6. The first-order valence-electron chi connectivity index (χ1n) is 28.5. The van der Waals surface area contributed by atoms with Crippen LogP contribution in [0.1, 0.15) is 126 Å². The lowest BCUT2D eigenvalue weighted by molar-refractivity contribution is -0.395. The molecule has 0 N–H and O–H groups in total. The number of benzene rings is 7. The van der Waals surface area contributed by atoms with Crippen molar-refractivity contribution in [1.82, 2.24) is 4.48 Å². The van der Waals surface area contributed by atoms with E-state index >= 15 is 0 Å². The number of fused-ring (bicyclic) bond motifs is 15. The molecule has 2 bridgehead atoms. The molecule has 8 saturated carbocycles. The Morgan fingerprint density at radius 3 is 2.04 bits per heavy atom. The van der Waals surface area contributed by atoms with Gasteiger partial charge < -0.3 is 9.38 Å². The zero-order valence-corrected chi connectivity index (χ0v) is 43.3. The fourth-order valence-corrected chi connectivity index (χ4v) is 23.4. The van der Waals surface area contributed by atoms with E-state index in [4.69, 9.17) is 0 Å². The molecule has 2 spiro atoms. The predicted octanol–water partition coefficient (Wildman–Crippen LogP) is 16.2. The van der Waals surface area contributed by atoms with Crippen LogP contribution in [0.4, 0.5) is 17.1 Å². The number of rotatable bonds is 3. The van der Waals surface area contributed by atoms with Crippen LogP contribution >= 0.6 is 11.3 Å². The molecule has 4 unspecified atom stereocenters. The molecule has 352 valence electrons. The highest BCUT2D eigenvalue weighted by Crippen LogP contribution is 2.93. The first kappa shape index (κ1) is 39.2. The van der Waals surface area contributed by atoms with Gasteiger partial charge in [0.15, 0.2) is 0 Å². The van der Waals surface area contributed by atoms with Gasteiger partial charge in [0.2, 0.25) is 0 Å². The molecule has 4 atom stereocenters. The normalized spacial score (nSPS) is 35.1. The van der Waals surface area contributed by atoms with Crippen molar-refractivity contribution in [2.45, 2.75) is 127 Å². The second-order valence-corrected chi connectivity index (χ2v) is 29.2. The molecule has 4 heterocycles. The third-order valence-electron chi connectivity index (χ3n) is 25.2. The van der Waals surface area contributed by atoms with Gasteiger partial charge in [0.05, 0.1) is 10.4 Å². The molecule has 72 heavy (non-hydrogen) atoms. The van der Waals surface area contributed by atoms with Crippen LogP contribution in [0.3, 0.4) is 0 Å². The van der Waals surface area contributed by atoms with Gasteiger partial charge in [-0.3, -0.25) is 0 Å². The van der Waals surface area contributed by atoms with Crippen LogP contribution in [0, 0.1) is 53.3 Å². The molecule has 9 aliphatic carbocycles. The lowest BCUT2D eigenvalue weighted by Crippen LogP contribution is -2.87. The molecule has 11 aliphatic rings. The van der Waals surface area contributed by atoms with Gasteiger partial charge in [-0.1, -0.05) is 88.4 Å². The molecule has 2 nitrogen and oxygen atoms in total. The van der Waals surface area contributed by atoms with Crippen LogP contribution in [-0.4, -0.2) is 11.3 Å². The SMILES string of the molecule is Cc1cc2c(cc1N1c3ccc4ccccc4c3B3c4c(cc5c(sc6ccccc65)c41)-c1cc(C45CC6CC7CC(C4)C765)cc4c5cc(C67CC8CC9CC(C6)C98C7)ccc5n3c14)C(C)(C)CCC2(C)C. The van der Waals surface area contributed by atoms with E-state index in [0.29, 0.717) is 21.7 Å². The third kappa shape index (κ3) is 3.86. The second-order valence-electron chi connectivity index (χ2n) is 28.1. The van der Waals surface area contributed by atoms with Gasteiger partial charge >= 0.3 is 6.85 Å². The minimum absolute atomic E-state index is 0.0162. The minimum atomic E-state index is 0.0162. The number of thiophene rings is 1. The molecule has 4 heteroatoms. The molecule has 0 saturated heterocycles. The van der Waals surface area contributed by atoms with Crippen molar-refractivity contribution in [2.75, 3.05) is 4.90 Å². The number of anilines is 3. The van der Waals surface area contributed by atoms with Crippen LogP contribution in [0.15, 0.2) is 109 Å². The number of nitrogens with zero attached hydrogens (tertiary/aromatic N) is 2. The van der Waals surface area contributed by atoms with Gasteiger partial charge in [-0.25, -0.2) is 0 Å². The van der Waals surface area contributed by atoms with Crippen LogP contribution in [0.2, 0.25) is 0 Å². The maximum absolute atomic E-state index is 2.94. The summed E-state index contributed by atoms with van der Waals surface area (Å²) in [4.78, 5) is 2.82. The van der Waals surface area contributed by atoms with E-state index in [-0.39, 0.29) is 17.7 Å². The lowest BCUT2D eigenvalue weighted by atomic mass is 9.12. The maximum atomic E-state index is 2.94. The van der Waals surface area contributed by atoms with Crippen LogP contribution in [0.5, 0.6) is 0 Å². The molecule has 2 aliphatic heterocycles. The molecule has 20 rings (SSSR count). The Hall–Kier alpha value is -5.32. The highest BCUT2D eigenvalue weighted by atomic mass is 32.1. The summed E-state index contributed by atoms with van der Waals surface area (Å²) >= 11 is 2.03. The summed E-state index contributed by atoms with van der Waals surface area (Å²) in [6.07, 6.45) is 15.6. The Morgan fingerprint density at radius 2 is 1.29 bits per heavy atom. The largest absolute Gasteiger partial charge is 0.375 e. The van der Waals surface area contributed by atoms with E-state index in [1.807, 2.05) is 11.3 Å². The number of aromatic nitrogens is 1. The number of aryl methyl sites for hydroxylation is 1. The molecule has 9 aromatic rings. The molecule has 0 radical (unpaired) electrons. The fraction of sp³-hybridized carbons (Fsp3) is 0.412. The van der Waals surface area contributed by atoms with Gasteiger partial charge in [0.25, 0.3) is 0 Å². The molecular weight excluding hydrogens is 888 g/mol. The van der Waals surface area contributed by atoms with E-state index in [2.05, 4.69) is 153 Å². The van der Waals surface area contributed by atoms with Gasteiger partial charge in [0, 0.05) is 59.6 Å². The Labute approximate surface area is 427 Å². The quantitative estimate of drug-likeness (QED) is 0.160. The van der Waals surface area contributed by atoms with Gasteiger partial charge in [-0.2, -0.15) is 0 Å². The summed E-state index contributed by atoms with van der Waals surface area (Å²) in [7, 11) is 0.